The third kappa shape index (κ3) is 5.43. The molecule has 0 spiro atoms. The minimum Gasteiger partial charge on any atom is -0.482 e. The molecule has 0 aliphatic heterocycles. The standard InChI is InChI=1S/C15H9Cl5N2O2/c16-9-2-1-8(10(17)3-9)6-21-22-15(23)7-24-14-5-12(19)11(18)4-13(14)20/h1-6H,7H2,(H,22,23)/b21-6+. The van der Waals surface area contributed by atoms with E-state index in [-0.39, 0.29) is 22.4 Å². The van der Waals surface area contributed by atoms with Crippen molar-refractivity contribution in [3.63, 3.8) is 0 Å². The van der Waals surface area contributed by atoms with Gasteiger partial charge in [-0.15, -0.1) is 0 Å². The summed E-state index contributed by atoms with van der Waals surface area (Å²) in [4.78, 5) is 11.7. The van der Waals surface area contributed by atoms with E-state index in [2.05, 4.69) is 10.5 Å². The minimum absolute atomic E-state index is 0.242. The Balaban J connectivity index is 1.90. The molecule has 9 heteroatoms. The fraction of sp³-hybridized carbons (Fsp3) is 0.0667. The predicted molar refractivity (Wildman–Crippen MR) is 99.2 cm³/mol. The molecule has 126 valence electrons. The van der Waals surface area contributed by atoms with Crippen molar-refractivity contribution in [3.8, 4) is 5.75 Å². The molecule has 0 heterocycles. The second-order valence-corrected chi connectivity index (χ2v) is 6.51. The van der Waals surface area contributed by atoms with Crippen LogP contribution in [0.15, 0.2) is 35.4 Å². The zero-order chi connectivity index (χ0) is 17.7. The van der Waals surface area contributed by atoms with Gasteiger partial charge in [0.25, 0.3) is 5.91 Å². The lowest BCUT2D eigenvalue weighted by Gasteiger charge is -2.08. The summed E-state index contributed by atoms with van der Waals surface area (Å²) in [5.74, 6) is -0.246. The van der Waals surface area contributed by atoms with Crippen molar-refractivity contribution in [3.05, 3.63) is 61.0 Å². The molecule has 4 nitrogen and oxygen atoms in total. The first kappa shape index (κ1) is 19.2. The summed E-state index contributed by atoms with van der Waals surface area (Å²) in [5.41, 5.74) is 2.91. The van der Waals surface area contributed by atoms with Gasteiger partial charge in [0.1, 0.15) is 5.75 Å². The first-order valence-electron chi connectivity index (χ1n) is 6.41. The van der Waals surface area contributed by atoms with E-state index in [9.17, 15) is 4.79 Å². The molecule has 0 saturated carbocycles. The lowest BCUT2D eigenvalue weighted by atomic mass is 10.2. The Morgan fingerprint density at radius 1 is 1.00 bits per heavy atom. The van der Waals surface area contributed by atoms with Crippen LogP contribution < -0.4 is 10.2 Å². The van der Waals surface area contributed by atoms with Crippen LogP contribution in [0.2, 0.25) is 25.1 Å². The highest BCUT2D eigenvalue weighted by Crippen LogP contribution is 2.33. The molecule has 1 amide bonds. The van der Waals surface area contributed by atoms with Crippen LogP contribution in [0.1, 0.15) is 5.56 Å². The molecule has 0 saturated heterocycles. The Morgan fingerprint density at radius 2 is 1.71 bits per heavy atom. The molecule has 0 radical (unpaired) electrons. The molecule has 0 fully saturated rings. The molecule has 24 heavy (non-hydrogen) atoms. The molecule has 2 rings (SSSR count). The molecule has 2 aromatic rings. The first-order chi connectivity index (χ1) is 11.4. The summed E-state index contributed by atoms with van der Waals surface area (Å²) >= 11 is 29.4. The summed E-state index contributed by atoms with van der Waals surface area (Å²) in [6.45, 7) is -0.302. The van der Waals surface area contributed by atoms with Crippen LogP contribution >= 0.6 is 58.0 Å². The zero-order valence-electron chi connectivity index (χ0n) is 11.8. The van der Waals surface area contributed by atoms with Gasteiger partial charge in [0, 0.05) is 16.7 Å². The van der Waals surface area contributed by atoms with Gasteiger partial charge in [-0.1, -0.05) is 64.1 Å². The van der Waals surface area contributed by atoms with E-state index in [0.717, 1.165) is 0 Å². The van der Waals surface area contributed by atoms with Crippen LogP contribution in [0.4, 0.5) is 0 Å². The van der Waals surface area contributed by atoms with Gasteiger partial charge in [0.05, 0.1) is 26.3 Å². The van der Waals surface area contributed by atoms with Crippen molar-refractivity contribution >= 4 is 70.1 Å². The fourth-order valence-electron chi connectivity index (χ4n) is 1.57. The maximum absolute atomic E-state index is 11.7. The van der Waals surface area contributed by atoms with E-state index in [1.54, 1.807) is 18.2 Å². The number of halogens is 5. The van der Waals surface area contributed by atoms with E-state index in [4.69, 9.17) is 62.7 Å². The topological polar surface area (TPSA) is 50.7 Å². The quantitative estimate of drug-likeness (QED) is 0.391. The number of hydrazone groups is 1. The van der Waals surface area contributed by atoms with Crippen molar-refractivity contribution in [2.75, 3.05) is 6.61 Å². The Morgan fingerprint density at radius 3 is 2.42 bits per heavy atom. The van der Waals surface area contributed by atoms with Gasteiger partial charge >= 0.3 is 0 Å². The predicted octanol–water partition coefficient (Wildman–Crippen LogP) is 5.48. The first-order valence-corrected chi connectivity index (χ1v) is 8.30. The smallest absolute Gasteiger partial charge is 0.277 e. The van der Waals surface area contributed by atoms with Crippen LogP contribution in [0, 0.1) is 0 Å². The monoisotopic (exact) mass is 424 g/mol. The van der Waals surface area contributed by atoms with Crippen LogP contribution in [-0.4, -0.2) is 18.7 Å². The number of hydrogen-bond donors (Lipinski definition) is 1. The summed E-state index contributed by atoms with van der Waals surface area (Å²) in [7, 11) is 0. The van der Waals surface area contributed by atoms with Gasteiger partial charge in [-0.3, -0.25) is 4.79 Å². The number of ether oxygens (including phenoxy) is 1. The van der Waals surface area contributed by atoms with Gasteiger partial charge in [0.15, 0.2) is 6.61 Å². The summed E-state index contributed by atoms with van der Waals surface area (Å²) in [6, 6.07) is 7.76. The van der Waals surface area contributed by atoms with Crippen molar-refractivity contribution in [2.45, 2.75) is 0 Å². The Labute approximate surface area is 163 Å². The third-order valence-corrected chi connectivity index (χ3v) is 4.27. The molecule has 2 aromatic carbocycles. The van der Waals surface area contributed by atoms with Gasteiger partial charge in [-0.05, 0) is 18.2 Å². The Bertz CT molecular complexity index is 796. The highest BCUT2D eigenvalue weighted by atomic mass is 35.5. The van der Waals surface area contributed by atoms with Crippen molar-refractivity contribution < 1.29 is 9.53 Å². The molecule has 0 aromatic heterocycles. The number of amides is 1. The van der Waals surface area contributed by atoms with Crippen LogP contribution in [0.25, 0.3) is 0 Å². The fourth-order valence-corrected chi connectivity index (χ4v) is 2.62. The van der Waals surface area contributed by atoms with Crippen molar-refractivity contribution in [2.24, 2.45) is 5.10 Å². The average Bonchev–Trinajstić information content (AvgIpc) is 2.51. The number of rotatable bonds is 5. The Kier molecular flexibility index (Phi) is 7.02. The van der Waals surface area contributed by atoms with E-state index >= 15 is 0 Å². The van der Waals surface area contributed by atoms with Crippen LogP contribution in [-0.2, 0) is 4.79 Å². The van der Waals surface area contributed by atoms with E-state index in [1.165, 1.54) is 18.3 Å². The van der Waals surface area contributed by atoms with Crippen molar-refractivity contribution in [1.82, 2.24) is 5.43 Å². The van der Waals surface area contributed by atoms with Crippen molar-refractivity contribution in [1.29, 1.82) is 0 Å². The van der Waals surface area contributed by atoms with Gasteiger partial charge in [-0.25, -0.2) is 5.43 Å². The van der Waals surface area contributed by atoms with Gasteiger partial charge in [0.2, 0.25) is 0 Å². The zero-order valence-corrected chi connectivity index (χ0v) is 15.6. The van der Waals surface area contributed by atoms with E-state index in [0.29, 0.717) is 20.6 Å². The average molecular weight is 427 g/mol. The lowest BCUT2D eigenvalue weighted by Crippen LogP contribution is -2.24. The largest absolute Gasteiger partial charge is 0.482 e. The minimum atomic E-state index is -0.488. The highest BCUT2D eigenvalue weighted by molar-refractivity contribution is 6.43. The summed E-state index contributed by atoms with van der Waals surface area (Å²) in [6.07, 6.45) is 1.39. The normalized spacial score (nSPS) is 10.9. The number of carbonyl (C=O) groups excluding carboxylic acids is 1. The lowest BCUT2D eigenvalue weighted by molar-refractivity contribution is -0.123. The second-order valence-electron chi connectivity index (χ2n) is 4.44. The number of carbonyl (C=O) groups is 1. The molecule has 0 aliphatic carbocycles. The molecule has 0 atom stereocenters. The Hall–Kier alpha value is -1.17. The van der Waals surface area contributed by atoms with E-state index < -0.39 is 5.91 Å². The number of hydrogen-bond acceptors (Lipinski definition) is 3. The summed E-state index contributed by atoms with van der Waals surface area (Å²) < 4.78 is 5.27. The number of benzene rings is 2. The second kappa shape index (κ2) is 8.79. The third-order valence-electron chi connectivity index (χ3n) is 2.69. The van der Waals surface area contributed by atoms with Gasteiger partial charge in [-0.2, -0.15) is 5.10 Å². The number of nitrogens with one attached hydrogen (secondary N) is 1. The maximum Gasteiger partial charge on any atom is 0.277 e. The molecule has 0 unspecified atom stereocenters. The summed E-state index contributed by atoms with van der Waals surface area (Å²) in [5, 5.41) is 5.52. The number of nitrogens with zero attached hydrogens (tertiary/aromatic N) is 1. The molecule has 0 aliphatic rings. The SMILES string of the molecule is O=C(COc1cc(Cl)c(Cl)cc1Cl)N/N=C/c1ccc(Cl)cc1Cl. The highest BCUT2D eigenvalue weighted by Gasteiger charge is 2.09. The molecule has 0 bridgehead atoms. The van der Waals surface area contributed by atoms with Crippen LogP contribution in [0.5, 0.6) is 5.75 Å². The molecular formula is C15H9Cl5N2O2. The van der Waals surface area contributed by atoms with Crippen LogP contribution in [0.3, 0.4) is 0 Å². The van der Waals surface area contributed by atoms with E-state index in [1.807, 2.05) is 0 Å². The maximum atomic E-state index is 11.7. The molecular weight excluding hydrogens is 417 g/mol. The molecule has 1 N–H and O–H groups in total. The van der Waals surface area contributed by atoms with Gasteiger partial charge < -0.3 is 4.74 Å².